The second-order valence-corrected chi connectivity index (χ2v) is 7.12. The summed E-state index contributed by atoms with van der Waals surface area (Å²) in [5, 5.41) is 9.21. The summed E-state index contributed by atoms with van der Waals surface area (Å²) in [6.45, 7) is 4.43. The number of halogens is 2. The van der Waals surface area contributed by atoms with Gasteiger partial charge in [0.05, 0.1) is 11.4 Å². The van der Waals surface area contributed by atoms with Crippen LogP contribution in [-0.2, 0) is 13.1 Å². The zero-order valence-corrected chi connectivity index (χ0v) is 16.3. The van der Waals surface area contributed by atoms with Gasteiger partial charge in [0.1, 0.15) is 18.4 Å². The fourth-order valence-electron chi connectivity index (χ4n) is 3.04. The zero-order valence-electron chi connectivity index (χ0n) is 14.8. The molecule has 0 unspecified atom stereocenters. The fourth-order valence-corrected chi connectivity index (χ4v) is 3.56. The lowest BCUT2D eigenvalue weighted by Crippen LogP contribution is -2.17. The lowest BCUT2D eigenvalue weighted by atomic mass is 10.2. The maximum atomic E-state index is 6.57. The number of aryl methyl sites for hydroxylation is 1. The highest BCUT2D eigenvalue weighted by Crippen LogP contribution is 2.31. The second-order valence-electron chi connectivity index (χ2n) is 6.33. The Labute approximate surface area is 167 Å². The number of benzene rings is 2. The Morgan fingerprint density at radius 3 is 2.67 bits per heavy atom. The first-order chi connectivity index (χ1) is 13.1. The lowest BCUT2D eigenvalue weighted by molar-refractivity contribution is 0.171. The quantitative estimate of drug-likeness (QED) is 0.678. The van der Waals surface area contributed by atoms with E-state index in [9.17, 15) is 0 Å². The third kappa shape index (κ3) is 3.90. The van der Waals surface area contributed by atoms with Gasteiger partial charge < -0.3 is 14.8 Å². The van der Waals surface area contributed by atoms with Gasteiger partial charge in [0.15, 0.2) is 11.5 Å². The van der Waals surface area contributed by atoms with E-state index in [1.807, 2.05) is 49.4 Å². The molecule has 0 fully saturated rings. The summed E-state index contributed by atoms with van der Waals surface area (Å²) in [6, 6.07) is 13.5. The Bertz CT molecular complexity index is 972. The van der Waals surface area contributed by atoms with Gasteiger partial charge in [-0.3, -0.25) is 0 Å². The van der Waals surface area contributed by atoms with Crippen LogP contribution in [0.1, 0.15) is 16.8 Å². The van der Waals surface area contributed by atoms with E-state index in [0.29, 0.717) is 36.5 Å². The van der Waals surface area contributed by atoms with Crippen molar-refractivity contribution in [3.05, 3.63) is 69.5 Å². The third-order valence-electron chi connectivity index (χ3n) is 4.41. The Morgan fingerprint density at radius 1 is 1.04 bits per heavy atom. The Balaban J connectivity index is 1.46. The Hall–Kier alpha value is -2.21. The van der Waals surface area contributed by atoms with Crippen molar-refractivity contribution < 1.29 is 9.47 Å². The van der Waals surface area contributed by atoms with Gasteiger partial charge in [0, 0.05) is 23.7 Å². The van der Waals surface area contributed by atoms with E-state index in [1.165, 1.54) is 0 Å². The first-order valence-corrected chi connectivity index (χ1v) is 9.46. The fraction of sp³-hybridized carbons (Fsp3) is 0.250. The SMILES string of the molecule is Cc1nn(-c2cccc(Cl)c2)c(Cl)c1CNCc1ccc2c(c1)OCCO2. The van der Waals surface area contributed by atoms with Crippen LogP contribution >= 0.6 is 23.2 Å². The van der Waals surface area contributed by atoms with E-state index in [1.54, 1.807) is 4.68 Å². The average Bonchev–Trinajstić information content (AvgIpc) is 2.96. The molecule has 1 N–H and O–H groups in total. The van der Waals surface area contributed by atoms with Crippen LogP contribution in [0.2, 0.25) is 10.2 Å². The average molecular weight is 404 g/mol. The summed E-state index contributed by atoms with van der Waals surface area (Å²) >= 11 is 12.7. The summed E-state index contributed by atoms with van der Waals surface area (Å²) < 4.78 is 12.9. The lowest BCUT2D eigenvalue weighted by Gasteiger charge is -2.19. The van der Waals surface area contributed by atoms with Crippen molar-refractivity contribution in [2.24, 2.45) is 0 Å². The topological polar surface area (TPSA) is 48.3 Å². The molecule has 0 amide bonds. The molecule has 0 radical (unpaired) electrons. The minimum Gasteiger partial charge on any atom is -0.486 e. The van der Waals surface area contributed by atoms with Crippen LogP contribution in [0.4, 0.5) is 0 Å². The molecule has 7 heteroatoms. The van der Waals surface area contributed by atoms with E-state index in [0.717, 1.165) is 34.0 Å². The number of nitrogens with one attached hydrogen (secondary N) is 1. The van der Waals surface area contributed by atoms with Crippen LogP contribution in [0, 0.1) is 6.92 Å². The number of rotatable bonds is 5. The molecule has 1 aromatic heterocycles. The molecular weight excluding hydrogens is 385 g/mol. The highest BCUT2D eigenvalue weighted by Gasteiger charge is 2.15. The van der Waals surface area contributed by atoms with Crippen LogP contribution in [0.15, 0.2) is 42.5 Å². The van der Waals surface area contributed by atoms with Gasteiger partial charge in [-0.2, -0.15) is 5.10 Å². The van der Waals surface area contributed by atoms with Gasteiger partial charge in [-0.05, 0) is 42.8 Å². The molecule has 0 spiro atoms. The molecule has 0 bridgehead atoms. The minimum atomic E-state index is 0.585. The van der Waals surface area contributed by atoms with Gasteiger partial charge in [-0.15, -0.1) is 0 Å². The van der Waals surface area contributed by atoms with Crippen LogP contribution in [0.25, 0.3) is 5.69 Å². The summed E-state index contributed by atoms with van der Waals surface area (Å²) in [5.41, 5.74) is 3.81. The highest BCUT2D eigenvalue weighted by atomic mass is 35.5. The van der Waals surface area contributed by atoms with Crippen molar-refractivity contribution >= 4 is 23.2 Å². The molecule has 0 saturated carbocycles. The van der Waals surface area contributed by atoms with Gasteiger partial charge in [-0.1, -0.05) is 35.3 Å². The number of ether oxygens (including phenoxy) is 2. The zero-order chi connectivity index (χ0) is 18.8. The van der Waals surface area contributed by atoms with Crippen LogP contribution in [0.5, 0.6) is 11.5 Å². The molecule has 1 aliphatic rings. The summed E-state index contributed by atoms with van der Waals surface area (Å²) in [5.74, 6) is 1.59. The molecule has 0 saturated heterocycles. The first kappa shape index (κ1) is 18.2. The van der Waals surface area contributed by atoms with E-state index in [2.05, 4.69) is 10.4 Å². The van der Waals surface area contributed by atoms with Crippen LogP contribution in [-0.4, -0.2) is 23.0 Å². The summed E-state index contributed by atoms with van der Waals surface area (Å²) in [7, 11) is 0. The highest BCUT2D eigenvalue weighted by molar-refractivity contribution is 6.31. The van der Waals surface area contributed by atoms with Gasteiger partial charge in [0.2, 0.25) is 0 Å². The predicted octanol–water partition coefficient (Wildman–Crippen LogP) is 4.55. The number of nitrogens with zero attached hydrogens (tertiary/aromatic N) is 2. The minimum absolute atomic E-state index is 0.585. The smallest absolute Gasteiger partial charge is 0.161 e. The van der Waals surface area contributed by atoms with E-state index >= 15 is 0 Å². The molecule has 4 rings (SSSR count). The van der Waals surface area contributed by atoms with Crippen LogP contribution < -0.4 is 14.8 Å². The van der Waals surface area contributed by atoms with Gasteiger partial charge in [0.25, 0.3) is 0 Å². The first-order valence-electron chi connectivity index (χ1n) is 8.71. The normalized spacial score (nSPS) is 13.0. The predicted molar refractivity (Wildman–Crippen MR) is 106 cm³/mol. The number of aromatic nitrogens is 2. The summed E-state index contributed by atoms with van der Waals surface area (Å²) in [4.78, 5) is 0. The molecule has 27 heavy (non-hydrogen) atoms. The number of hydrogen-bond acceptors (Lipinski definition) is 4. The van der Waals surface area contributed by atoms with Crippen molar-refractivity contribution in [3.8, 4) is 17.2 Å². The van der Waals surface area contributed by atoms with Gasteiger partial charge in [-0.25, -0.2) is 4.68 Å². The second kappa shape index (κ2) is 7.80. The van der Waals surface area contributed by atoms with Crippen molar-refractivity contribution in [2.75, 3.05) is 13.2 Å². The van der Waals surface area contributed by atoms with E-state index in [-0.39, 0.29) is 0 Å². The standard InChI is InChI=1S/C20H19Cl2N3O2/c1-13-17(20(22)25(24-13)16-4-2-3-15(21)10-16)12-23-11-14-5-6-18-19(9-14)27-8-7-26-18/h2-6,9-10,23H,7-8,11-12H2,1H3. The molecule has 140 valence electrons. The maximum Gasteiger partial charge on any atom is 0.161 e. The van der Waals surface area contributed by atoms with Crippen LogP contribution in [0.3, 0.4) is 0 Å². The van der Waals surface area contributed by atoms with Crippen molar-refractivity contribution in [1.82, 2.24) is 15.1 Å². The molecule has 1 aliphatic heterocycles. The van der Waals surface area contributed by atoms with Crippen molar-refractivity contribution in [1.29, 1.82) is 0 Å². The maximum absolute atomic E-state index is 6.57. The molecule has 0 atom stereocenters. The van der Waals surface area contributed by atoms with Crippen molar-refractivity contribution in [2.45, 2.75) is 20.0 Å². The number of hydrogen-bond donors (Lipinski definition) is 1. The summed E-state index contributed by atoms with van der Waals surface area (Å²) in [6.07, 6.45) is 0. The van der Waals surface area contributed by atoms with E-state index in [4.69, 9.17) is 32.7 Å². The largest absolute Gasteiger partial charge is 0.486 e. The molecular formula is C20H19Cl2N3O2. The monoisotopic (exact) mass is 403 g/mol. The molecule has 3 aromatic rings. The third-order valence-corrected chi connectivity index (χ3v) is 5.04. The van der Waals surface area contributed by atoms with E-state index < -0.39 is 0 Å². The molecule has 5 nitrogen and oxygen atoms in total. The molecule has 0 aliphatic carbocycles. The molecule has 2 heterocycles. The molecule has 2 aromatic carbocycles. The Morgan fingerprint density at radius 2 is 1.85 bits per heavy atom. The van der Waals surface area contributed by atoms with Crippen molar-refractivity contribution in [3.63, 3.8) is 0 Å². The van der Waals surface area contributed by atoms with Gasteiger partial charge >= 0.3 is 0 Å². The number of fused-ring (bicyclic) bond motifs is 1. The Kier molecular flexibility index (Phi) is 5.25.